The van der Waals surface area contributed by atoms with E-state index >= 15 is 0 Å². The Morgan fingerprint density at radius 1 is 1.22 bits per heavy atom. The van der Waals surface area contributed by atoms with E-state index in [1.807, 2.05) is 32.9 Å². The standard InChI is InChI=1S/C25H30N4O5S2/c1-15-8-9-20-26-22(27-13-16(2)34-17(3)14-27)18(23(32)29(20)12-15)11-19-24(33)28(25(35)36-19)10-6-4-5-7-21(30)31/h8-9,11-12,16-17H,4-7,10,13-14H2,1-3H3,(H,30,31)/b19-11+. The fourth-order valence-electron chi connectivity index (χ4n) is 4.51. The quantitative estimate of drug-likeness (QED) is 0.312. The zero-order valence-corrected chi connectivity index (χ0v) is 22.2. The molecule has 1 amide bonds. The van der Waals surface area contributed by atoms with Crippen molar-refractivity contribution in [3.63, 3.8) is 0 Å². The van der Waals surface area contributed by atoms with Crippen molar-refractivity contribution in [2.45, 2.75) is 58.7 Å². The van der Waals surface area contributed by atoms with Crippen molar-refractivity contribution in [3.8, 4) is 0 Å². The third-order valence-corrected chi connectivity index (χ3v) is 7.50. The lowest BCUT2D eigenvalue weighted by Gasteiger charge is -2.36. The number of amides is 1. The van der Waals surface area contributed by atoms with Gasteiger partial charge in [-0.2, -0.15) is 0 Å². The van der Waals surface area contributed by atoms with Crippen molar-refractivity contribution in [2.75, 3.05) is 24.5 Å². The highest BCUT2D eigenvalue weighted by molar-refractivity contribution is 8.26. The molecule has 4 rings (SSSR count). The predicted octanol–water partition coefficient (Wildman–Crippen LogP) is 3.46. The number of carbonyl (C=O) groups excluding carboxylic acids is 1. The molecule has 0 spiro atoms. The number of aryl methyl sites for hydroxylation is 1. The number of anilines is 1. The maximum Gasteiger partial charge on any atom is 0.303 e. The lowest BCUT2D eigenvalue weighted by atomic mass is 10.1. The topological polar surface area (TPSA) is 104 Å². The van der Waals surface area contributed by atoms with Crippen molar-refractivity contribution >= 4 is 57.7 Å². The van der Waals surface area contributed by atoms with Crippen LogP contribution in [0.1, 0.15) is 50.7 Å². The van der Waals surface area contributed by atoms with E-state index in [-0.39, 0.29) is 30.1 Å². The Hall–Kier alpha value is -2.76. The molecule has 192 valence electrons. The van der Waals surface area contributed by atoms with Gasteiger partial charge in [-0.25, -0.2) is 4.98 Å². The molecule has 0 aromatic carbocycles. The van der Waals surface area contributed by atoms with Gasteiger partial charge in [0.2, 0.25) is 0 Å². The molecule has 2 saturated heterocycles. The van der Waals surface area contributed by atoms with Crippen LogP contribution in [0.3, 0.4) is 0 Å². The molecule has 11 heteroatoms. The fourth-order valence-corrected chi connectivity index (χ4v) is 5.80. The van der Waals surface area contributed by atoms with Crippen LogP contribution in [0.2, 0.25) is 0 Å². The number of hydrogen-bond donors (Lipinski definition) is 1. The van der Waals surface area contributed by atoms with Gasteiger partial charge in [-0.3, -0.25) is 23.7 Å². The number of thioether (sulfide) groups is 1. The normalized spacial score (nSPS) is 21.7. The second-order valence-corrected chi connectivity index (χ2v) is 11.0. The molecule has 0 saturated carbocycles. The summed E-state index contributed by atoms with van der Waals surface area (Å²) in [7, 11) is 0. The second kappa shape index (κ2) is 11.1. The summed E-state index contributed by atoms with van der Waals surface area (Å²) in [6.07, 6.45) is 5.32. The summed E-state index contributed by atoms with van der Waals surface area (Å²) in [5, 5.41) is 8.79. The zero-order valence-electron chi connectivity index (χ0n) is 20.6. The average Bonchev–Trinajstić information content (AvgIpc) is 3.07. The van der Waals surface area contributed by atoms with Crippen LogP contribution in [0, 0.1) is 6.92 Å². The summed E-state index contributed by atoms with van der Waals surface area (Å²) in [5.41, 5.74) is 1.57. The summed E-state index contributed by atoms with van der Waals surface area (Å²) < 4.78 is 7.82. The van der Waals surface area contributed by atoms with Crippen LogP contribution in [0.4, 0.5) is 5.82 Å². The van der Waals surface area contributed by atoms with Crippen LogP contribution < -0.4 is 10.5 Å². The minimum atomic E-state index is -0.825. The van der Waals surface area contributed by atoms with Crippen LogP contribution in [0.25, 0.3) is 11.7 Å². The summed E-state index contributed by atoms with van der Waals surface area (Å²) in [6, 6.07) is 3.73. The lowest BCUT2D eigenvalue weighted by molar-refractivity contribution is -0.137. The Kier molecular flexibility index (Phi) is 8.11. The third-order valence-electron chi connectivity index (χ3n) is 6.13. The SMILES string of the molecule is Cc1ccc2nc(N3CC(C)OC(C)C3)c(/C=C3/SC(=S)N(CCCCCC(=O)O)C3=O)c(=O)n2c1. The number of carbonyl (C=O) groups is 2. The third kappa shape index (κ3) is 5.79. The van der Waals surface area contributed by atoms with Crippen LogP contribution in [-0.2, 0) is 14.3 Å². The maximum absolute atomic E-state index is 13.7. The van der Waals surface area contributed by atoms with Crippen molar-refractivity contribution in [2.24, 2.45) is 0 Å². The van der Waals surface area contributed by atoms with E-state index in [4.69, 9.17) is 27.0 Å². The lowest BCUT2D eigenvalue weighted by Crippen LogP contribution is -2.46. The van der Waals surface area contributed by atoms with Gasteiger partial charge in [0, 0.05) is 32.3 Å². The molecule has 2 unspecified atom stereocenters. The number of fused-ring (bicyclic) bond motifs is 1. The molecule has 9 nitrogen and oxygen atoms in total. The number of morpholine rings is 1. The van der Waals surface area contributed by atoms with Gasteiger partial charge in [0.1, 0.15) is 15.8 Å². The van der Waals surface area contributed by atoms with E-state index in [1.165, 1.54) is 21.1 Å². The van der Waals surface area contributed by atoms with E-state index in [9.17, 15) is 14.4 Å². The number of aromatic nitrogens is 2. The molecule has 0 radical (unpaired) electrons. The number of aliphatic carboxylic acids is 1. The van der Waals surface area contributed by atoms with Gasteiger partial charge in [-0.15, -0.1) is 0 Å². The average molecular weight is 531 g/mol. The summed E-state index contributed by atoms with van der Waals surface area (Å²) >= 11 is 6.63. The number of unbranched alkanes of at least 4 members (excludes halogenated alkanes) is 2. The van der Waals surface area contributed by atoms with Crippen LogP contribution in [0.5, 0.6) is 0 Å². The first-order valence-corrected chi connectivity index (χ1v) is 13.3. The number of ether oxygens (including phenoxy) is 1. The Morgan fingerprint density at radius 3 is 2.64 bits per heavy atom. The molecule has 2 aromatic rings. The van der Waals surface area contributed by atoms with E-state index < -0.39 is 5.97 Å². The first-order chi connectivity index (χ1) is 17.1. The van der Waals surface area contributed by atoms with E-state index in [2.05, 4.69) is 4.90 Å². The van der Waals surface area contributed by atoms with Gasteiger partial charge in [0.25, 0.3) is 11.5 Å². The Balaban J connectivity index is 1.67. The number of carboxylic acids is 1. The molecule has 36 heavy (non-hydrogen) atoms. The van der Waals surface area contributed by atoms with Crippen molar-refractivity contribution < 1.29 is 19.4 Å². The highest BCUT2D eigenvalue weighted by atomic mass is 32.2. The highest BCUT2D eigenvalue weighted by Gasteiger charge is 2.33. The van der Waals surface area contributed by atoms with E-state index in [0.717, 1.165) is 5.56 Å². The number of thiocarbonyl (C=S) groups is 1. The number of carboxylic acid groups (broad SMARTS) is 1. The van der Waals surface area contributed by atoms with Gasteiger partial charge in [0.05, 0.1) is 22.7 Å². The van der Waals surface area contributed by atoms with E-state index in [0.29, 0.717) is 65.2 Å². The number of pyridine rings is 1. The van der Waals surface area contributed by atoms with Crippen molar-refractivity contribution in [3.05, 3.63) is 44.7 Å². The largest absolute Gasteiger partial charge is 0.481 e. The molecule has 4 heterocycles. The van der Waals surface area contributed by atoms with E-state index in [1.54, 1.807) is 12.3 Å². The molecular weight excluding hydrogens is 500 g/mol. The van der Waals surface area contributed by atoms with Crippen LogP contribution in [0.15, 0.2) is 28.0 Å². The highest BCUT2D eigenvalue weighted by Crippen LogP contribution is 2.34. The molecule has 2 aliphatic rings. The molecule has 2 aliphatic heterocycles. The molecule has 2 fully saturated rings. The van der Waals surface area contributed by atoms with Gasteiger partial charge >= 0.3 is 5.97 Å². The minimum absolute atomic E-state index is 0.0285. The number of nitrogens with zero attached hydrogens (tertiary/aromatic N) is 4. The first-order valence-electron chi connectivity index (χ1n) is 12.0. The second-order valence-electron chi connectivity index (χ2n) is 9.29. The number of hydrogen-bond acceptors (Lipinski definition) is 8. The Morgan fingerprint density at radius 2 is 1.94 bits per heavy atom. The number of rotatable bonds is 8. The van der Waals surface area contributed by atoms with Crippen LogP contribution >= 0.6 is 24.0 Å². The smallest absolute Gasteiger partial charge is 0.303 e. The molecule has 2 aromatic heterocycles. The molecule has 0 aliphatic carbocycles. The van der Waals surface area contributed by atoms with Crippen molar-refractivity contribution in [1.29, 1.82) is 0 Å². The monoisotopic (exact) mass is 530 g/mol. The van der Waals surface area contributed by atoms with Gasteiger partial charge in [-0.05, 0) is 51.3 Å². The first kappa shape index (κ1) is 26.3. The predicted molar refractivity (Wildman–Crippen MR) is 144 cm³/mol. The van der Waals surface area contributed by atoms with Crippen molar-refractivity contribution in [1.82, 2.24) is 14.3 Å². The molecule has 2 atom stereocenters. The summed E-state index contributed by atoms with van der Waals surface area (Å²) in [5.74, 6) is -0.537. The molecule has 1 N–H and O–H groups in total. The fraction of sp³-hybridized carbons (Fsp3) is 0.480. The van der Waals surface area contributed by atoms with Gasteiger partial charge in [0.15, 0.2) is 0 Å². The molecular formula is C25H30N4O5S2. The summed E-state index contributed by atoms with van der Waals surface area (Å²) in [4.78, 5) is 46.4. The van der Waals surface area contributed by atoms with Crippen LogP contribution in [-0.4, -0.2) is 67.4 Å². The Labute approximate surface area is 219 Å². The summed E-state index contributed by atoms with van der Waals surface area (Å²) in [6.45, 7) is 7.46. The minimum Gasteiger partial charge on any atom is -0.481 e. The van der Waals surface area contributed by atoms with Gasteiger partial charge in [-0.1, -0.05) is 36.5 Å². The zero-order chi connectivity index (χ0) is 26.0. The molecule has 0 bridgehead atoms. The Bertz CT molecular complexity index is 1280. The maximum atomic E-state index is 13.7. The van der Waals surface area contributed by atoms with Gasteiger partial charge < -0.3 is 14.7 Å².